The highest BCUT2D eigenvalue weighted by Crippen LogP contribution is 1.91. The van der Waals surface area contributed by atoms with Gasteiger partial charge in [0.25, 0.3) is 0 Å². The Morgan fingerprint density at radius 3 is 2.30 bits per heavy atom. The van der Waals surface area contributed by atoms with E-state index in [0.29, 0.717) is 6.42 Å². The standard InChI is InChI=1S/C6H13NO.CH4O/c1-3-4-5-6(8)7-2;1-2/h3-5H2,1-2H3,(H,7,8);2H,1H3. The van der Waals surface area contributed by atoms with E-state index in [2.05, 4.69) is 12.2 Å². The summed E-state index contributed by atoms with van der Waals surface area (Å²) in [5.74, 6) is 0.145. The molecule has 0 heterocycles. The van der Waals surface area contributed by atoms with Gasteiger partial charge in [-0.3, -0.25) is 4.79 Å². The number of hydrogen-bond donors (Lipinski definition) is 2. The molecule has 3 heteroatoms. The molecule has 0 fully saturated rings. The van der Waals surface area contributed by atoms with E-state index >= 15 is 0 Å². The molecule has 1 amide bonds. The first kappa shape index (κ1) is 12.1. The highest BCUT2D eigenvalue weighted by atomic mass is 16.2. The maximum Gasteiger partial charge on any atom is 0.219 e. The molecule has 0 saturated heterocycles. The second kappa shape index (κ2) is 11.3. The van der Waals surface area contributed by atoms with Gasteiger partial charge in [0, 0.05) is 20.6 Å². The fourth-order valence-electron chi connectivity index (χ4n) is 0.462. The van der Waals surface area contributed by atoms with Crippen LogP contribution in [0.15, 0.2) is 0 Å². The van der Waals surface area contributed by atoms with Gasteiger partial charge in [-0.25, -0.2) is 0 Å². The van der Waals surface area contributed by atoms with Crippen molar-refractivity contribution in [2.45, 2.75) is 26.2 Å². The van der Waals surface area contributed by atoms with Crippen molar-refractivity contribution in [1.29, 1.82) is 0 Å². The van der Waals surface area contributed by atoms with Crippen molar-refractivity contribution in [3.05, 3.63) is 0 Å². The van der Waals surface area contributed by atoms with E-state index < -0.39 is 0 Å². The van der Waals surface area contributed by atoms with Gasteiger partial charge >= 0.3 is 0 Å². The van der Waals surface area contributed by atoms with Gasteiger partial charge in [0.1, 0.15) is 0 Å². The van der Waals surface area contributed by atoms with Gasteiger partial charge in [-0.05, 0) is 6.42 Å². The van der Waals surface area contributed by atoms with Crippen LogP contribution in [-0.2, 0) is 4.79 Å². The van der Waals surface area contributed by atoms with Crippen molar-refractivity contribution in [2.75, 3.05) is 14.2 Å². The van der Waals surface area contributed by atoms with Crippen LogP contribution in [0.25, 0.3) is 0 Å². The van der Waals surface area contributed by atoms with Crippen LogP contribution < -0.4 is 5.32 Å². The summed E-state index contributed by atoms with van der Waals surface area (Å²) in [6, 6.07) is 0. The zero-order chi connectivity index (χ0) is 8.41. The molecule has 0 aromatic rings. The molecule has 0 unspecified atom stereocenters. The lowest BCUT2D eigenvalue weighted by molar-refractivity contribution is -0.120. The molecule has 0 aliphatic heterocycles. The molecule has 0 saturated carbocycles. The summed E-state index contributed by atoms with van der Waals surface area (Å²) in [4.78, 5) is 10.5. The fourth-order valence-corrected chi connectivity index (χ4v) is 0.462. The van der Waals surface area contributed by atoms with E-state index in [1.807, 2.05) is 0 Å². The number of carbonyl (C=O) groups is 1. The second-order valence-corrected chi connectivity index (χ2v) is 1.78. The lowest BCUT2D eigenvalue weighted by atomic mass is 10.2. The summed E-state index contributed by atoms with van der Waals surface area (Å²) in [5, 5.41) is 9.56. The Kier molecular flexibility index (Phi) is 13.7. The van der Waals surface area contributed by atoms with Crippen LogP contribution in [0.5, 0.6) is 0 Å². The van der Waals surface area contributed by atoms with Gasteiger partial charge in [-0.15, -0.1) is 0 Å². The van der Waals surface area contributed by atoms with E-state index in [1.165, 1.54) is 0 Å². The zero-order valence-corrected chi connectivity index (χ0v) is 6.98. The number of hydrogen-bond acceptors (Lipinski definition) is 2. The molecule has 0 rings (SSSR count). The number of carbonyl (C=O) groups excluding carboxylic acids is 1. The third kappa shape index (κ3) is 10.4. The SMILES string of the molecule is CCCCC(=O)NC.CO. The summed E-state index contributed by atoms with van der Waals surface area (Å²) >= 11 is 0. The van der Waals surface area contributed by atoms with E-state index in [4.69, 9.17) is 5.11 Å². The van der Waals surface area contributed by atoms with Crippen LogP contribution in [-0.4, -0.2) is 25.2 Å². The topological polar surface area (TPSA) is 49.3 Å². The largest absolute Gasteiger partial charge is 0.400 e. The van der Waals surface area contributed by atoms with Crippen molar-refractivity contribution in [3.8, 4) is 0 Å². The monoisotopic (exact) mass is 147 g/mol. The van der Waals surface area contributed by atoms with Crippen LogP contribution in [0.2, 0.25) is 0 Å². The summed E-state index contributed by atoms with van der Waals surface area (Å²) in [6.07, 6.45) is 2.76. The highest BCUT2D eigenvalue weighted by molar-refractivity contribution is 5.75. The first-order valence-electron chi connectivity index (χ1n) is 3.46. The highest BCUT2D eigenvalue weighted by Gasteiger charge is 1.92. The van der Waals surface area contributed by atoms with Crippen LogP contribution >= 0.6 is 0 Å². The van der Waals surface area contributed by atoms with E-state index in [-0.39, 0.29) is 5.91 Å². The molecule has 0 aromatic carbocycles. The molecule has 0 radical (unpaired) electrons. The van der Waals surface area contributed by atoms with Gasteiger partial charge in [0.05, 0.1) is 0 Å². The molecule has 0 bridgehead atoms. The summed E-state index contributed by atoms with van der Waals surface area (Å²) in [6.45, 7) is 2.07. The van der Waals surface area contributed by atoms with Crippen molar-refractivity contribution in [2.24, 2.45) is 0 Å². The minimum Gasteiger partial charge on any atom is -0.400 e. The summed E-state index contributed by atoms with van der Waals surface area (Å²) < 4.78 is 0. The number of amides is 1. The van der Waals surface area contributed by atoms with E-state index in [9.17, 15) is 4.79 Å². The summed E-state index contributed by atoms with van der Waals surface area (Å²) in [5.41, 5.74) is 0. The van der Waals surface area contributed by atoms with Gasteiger partial charge in [0.2, 0.25) is 5.91 Å². The van der Waals surface area contributed by atoms with Gasteiger partial charge in [0.15, 0.2) is 0 Å². The molecule has 10 heavy (non-hydrogen) atoms. The zero-order valence-electron chi connectivity index (χ0n) is 6.98. The number of aliphatic hydroxyl groups is 1. The van der Waals surface area contributed by atoms with Crippen molar-refractivity contribution in [1.82, 2.24) is 5.32 Å². The smallest absolute Gasteiger partial charge is 0.219 e. The Hall–Kier alpha value is -0.570. The third-order valence-electron chi connectivity index (χ3n) is 1.04. The van der Waals surface area contributed by atoms with Gasteiger partial charge in [-0.1, -0.05) is 13.3 Å². The molecule has 3 nitrogen and oxygen atoms in total. The Balaban J connectivity index is 0. The minimum atomic E-state index is 0.145. The van der Waals surface area contributed by atoms with Crippen LogP contribution in [0.3, 0.4) is 0 Å². The Morgan fingerprint density at radius 2 is 2.00 bits per heavy atom. The molecule has 0 aliphatic carbocycles. The van der Waals surface area contributed by atoms with Gasteiger partial charge in [-0.2, -0.15) is 0 Å². The Bertz CT molecular complexity index is 74.0. The molecular formula is C7H17NO2. The molecular weight excluding hydrogens is 130 g/mol. The van der Waals surface area contributed by atoms with E-state index in [0.717, 1.165) is 20.0 Å². The number of aliphatic hydroxyl groups excluding tert-OH is 1. The molecule has 62 valence electrons. The average Bonchev–Trinajstić information content (AvgIpc) is 2.04. The van der Waals surface area contributed by atoms with Crippen molar-refractivity contribution in [3.63, 3.8) is 0 Å². The minimum absolute atomic E-state index is 0.145. The van der Waals surface area contributed by atoms with Crippen LogP contribution in [0.4, 0.5) is 0 Å². The molecule has 0 atom stereocenters. The molecule has 2 N–H and O–H groups in total. The predicted molar refractivity (Wildman–Crippen MR) is 41.7 cm³/mol. The Morgan fingerprint density at radius 1 is 1.50 bits per heavy atom. The lowest BCUT2D eigenvalue weighted by Crippen LogP contribution is -2.16. The number of unbranched alkanes of at least 4 members (excludes halogenated alkanes) is 1. The lowest BCUT2D eigenvalue weighted by Gasteiger charge is -1.94. The maximum atomic E-state index is 10.5. The van der Waals surface area contributed by atoms with Crippen molar-refractivity contribution >= 4 is 5.91 Å². The van der Waals surface area contributed by atoms with Gasteiger partial charge < -0.3 is 10.4 Å². The fraction of sp³-hybridized carbons (Fsp3) is 0.857. The normalized spacial score (nSPS) is 7.60. The quantitative estimate of drug-likeness (QED) is 0.611. The average molecular weight is 147 g/mol. The van der Waals surface area contributed by atoms with Crippen LogP contribution in [0.1, 0.15) is 26.2 Å². The molecule has 0 aliphatic rings. The maximum absolute atomic E-state index is 10.5. The van der Waals surface area contributed by atoms with Crippen LogP contribution in [0, 0.1) is 0 Å². The predicted octanol–water partition coefficient (Wildman–Crippen LogP) is 0.531. The third-order valence-corrected chi connectivity index (χ3v) is 1.04. The second-order valence-electron chi connectivity index (χ2n) is 1.78. The molecule has 0 aromatic heterocycles. The first-order chi connectivity index (χ1) is 4.81. The summed E-state index contributed by atoms with van der Waals surface area (Å²) in [7, 11) is 2.66. The molecule has 0 spiro atoms. The Labute approximate surface area is 62.4 Å². The number of nitrogens with one attached hydrogen (secondary N) is 1. The first-order valence-corrected chi connectivity index (χ1v) is 3.46. The van der Waals surface area contributed by atoms with E-state index in [1.54, 1.807) is 7.05 Å². The van der Waals surface area contributed by atoms with Crippen molar-refractivity contribution < 1.29 is 9.90 Å². The number of rotatable bonds is 3.